The number of nitrogens with zero attached hydrogens (tertiary/aromatic N) is 4. The molecule has 3 N–H and O–H groups in total. The third-order valence-electron chi connectivity index (χ3n) is 14.3. The number of likely N-dealkylation sites (tertiary alicyclic amines) is 1. The van der Waals surface area contributed by atoms with E-state index in [9.17, 15) is 14.4 Å². The van der Waals surface area contributed by atoms with E-state index < -0.39 is 24.0 Å². The summed E-state index contributed by atoms with van der Waals surface area (Å²) in [6, 6.07) is 17.3. The van der Waals surface area contributed by atoms with Crippen molar-refractivity contribution >= 4 is 46.0 Å². The van der Waals surface area contributed by atoms with Crippen molar-refractivity contribution in [3.05, 3.63) is 93.4 Å². The van der Waals surface area contributed by atoms with E-state index in [2.05, 4.69) is 33.5 Å². The van der Waals surface area contributed by atoms with Crippen molar-refractivity contribution in [2.75, 3.05) is 13.7 Å². The maximum absolute atomic E-state index is 17.5. The summed E-state index contributed by atoms with van der Waals surface area (Å²) >= 11 is 1.73. The summed E-state index contributed by atoms with van der Waals surface area (Å²) in [5.74, 6) is 1.62. The summed E-state index contributed by atoms with van der Waals surface area (Å²) in [6.07, 6.45) is 6.94. The van der Waals surface area contributed by atoms with E-state index in [0.29, 0.717) is 53.0 Å². The van der Waals surface area contributed by atoms with Gasteiger partial charge in [0.15, 0.2) is 18.4 Å². The molecule has 5 unspecified atom stereocenters. The van der Waals surface area contributed by atoms with E-state index in [4.69, 9.17) is 19.2 Å². The summed E-state index contributed by atoms with van der Waals surface area (Å²) < 4.78 is 38.9. The van der Waals surface area contributed by atoms with Crippen molar-refractivity contribution in [2.45, 2.75) is 122 Å². The summed E-state index contributed by atoms with van der Waals surface area (Å²) in [7, 11) is 1.29. The Bertz CT molecular complexity index is 3020. The Hall–Kier alpha value is -6.22. The molecular weight excluding hydrogens is 870 g/mol. The van der Waals surface area contributed by atoms with Crippen LogP contribution in [0.15, 0.2) is 60.8 Å². The molecule has 3 aliphatic heterocycles. The number of hydrogen-bond donors (Lipinski definition) is 3. The quantitative estimate of drug-likeness (QED) is 0.122. The molecule has 2 aromatic carbocycles. The number of aromatic amines is 2. The number of rotatable bonds is 9. The predicted molar refractivity (Wildman–Crippen MR) is 254 cm³/mol. The molecule has 1 saturated heterocycles. The van der Waals surface area contributed by atoms with Gasteiger partial charge in [0.2, 0.25) is 11.9 Å². The molecule has 11 rings (SSSR count). The van der Waals surface area contributed by atoms with Gasteiger partial charge in [-0.3, -0.25) is 9.47 Å². The summed E-state index contributed by atoms with van der Waals surface area (Å²) in [4.78, 5) is 55.8. The number of ether oxygens (including phenoxy) is 3. The lowest BCUT2D eigenvalue weighted by atomic mass is 9.80. The highest BCUT2D eigenvalue weighted by atomic mass is 32.1. The number of amides is 3. The van der Waals surface area contributed by atoms with Crippen LogP contribution in [0, 0.1) is 24.6 Å². The molecule has 15 heteroatoms. The number of aromatic nitrogens is 4. The number of benzene rings is 2. The Balaban J connectivity index is 0.947. The Morgan fingerprint density at radius 2 is 1.76 bits per heavy atom. The van der Waals surface area contributed by atoms with E-state index in [1.54, 1.807) is 22.1 Å². The molecule has 348 valence electrons. The van der Waals surface area contributed by atoms with Gasteiger partial charge in [-0.15, -0.1) is 11.3 Å². The second-order valence-electron chi connectivity index (χ2n) is 20.3. The second-order valence-corrected chi connectivity index (χ2v) is 21.5. The Morgan fingerprint density at radius 3 is 2.49 bits per heavy atom. The molecule has 0 spiro atoms. The molecule has 2 aliphatic carbocycles. The van der Waals surface area contributed by atoms with Gasteiger partial charge >= 0.3 is 18.1 Å². The van der Waals surface area contributed by atoms with Crippen LogP contribution in [0.2, 0.25) is 0 Å². The van der Waals surface area contributed by atoms with Gasteiger partial charge in [-0.25, -0.2) is 23.8 Å². The van der Waals surface area contributed by atoms with Crippen molar-refractivity contribution < 1.29 is 37.6 Å². The normalized spacial score (nSPS) is 21.5. The maximum atomic E-state index is 17.5. The Morgan fingerprint density at radius 1 is 0.985 bits per heavy atom. The van der Waals surface area contributed by atoms with Crippen LogP contribution >= 0.6 is 11.3 Å². The van der Waals surface area contributed by atoms with Crippen molar-refractivity contribution in [2.24, 2.45) is 11.8 Å². The maximum Gasteiger partial charge on any atom is 0.411 e. The highest BCUT2D eigenvalue weighted by Crippen LogP contribution is 2.52. The number of H-pyrrole nitrogens is 2. The molecular formula is C52H57FN7O6S+. The Labute approximate surface area is 392 Å². The van der Waals surface area contributed by atoms with E-state index in [-0.39, 0.29) is 35.8 Å². The number of carbonyl (C=O) groups excluding carboxylic acids is 3. The van der Waals surface area contributed by atoms with E-state index >= 15 is 4.39 Å². The molecule has 7 heterocycles. The molecule has 13 nitrogen and oxygen atoms in total. The van der Waals surface area contributed by atoms with Crippen molar-refractivity contribution in [1.82, 2.24) is 29.7 Å². The fourth-order valence-corrected chi connectivity index (χ4v) is 11.9. The first-order valence-corrected chi connectivity index (χ1v) is 24.5. The number of nitrogens with one attached hydrogen (secondary N) is 3. The number of alkyl carbamates (subject to hydrolysis) is 1. The highest BCUT2D eigenvalue weighted by Gasteiger charge is 2.51. The topological polar surface area (TPSA) is 147 Å². The number of methoxy groups -OCH3 is 1. The molecule has 5 atom stereocenters. The summed E-state index contributed by atoms with van der Waals surface area (Å²) in [5.41, 5.74) is 7.20. The molecule has 3 amide bonds. The molecule has 2 saturated carbocycles. The Kier molecular flexibility index (Phi) is 10.5. The first-order chi connectivity index (χ1) is 32.1. The van der Waals surface area contributed by atoms with Gasteiger partial charge in [-0.2, -0.15) is 4.58 Å². The van der Waals surface area contributed by atoms with Crippen LogP contribution in [0.3, 0.4) is 0 Å². The fraction of sp³-hybridized carbons (Fsp3) is 0.442. The minimum Gasteiger partial charge on any atom is -0.464 e. The van der Waals surface area contributed by atoms with Crippen LogP contribution in [0.5, 0.6) is 5.75 Å². The zero-order valence-corrected chi connectivity index (χ0v) is 39.8. The van der Waals surface area contributed by atoms with Gasteiger partial charge in [0, 0.05) is 51.5 Å². The van der Waals surface area contributed by atoms with Gasteiger partial charge < -0.3 is 29.5 Å². The molecule has 6 aromatic rings. The van der Waals surface area contributed by atoms with E-state index in [0.717, 1.165) is 75.6 Å². The molecule has 4 aromatic heterocycles. The first kappa shape index (κ1) is 43.4. The minimum absolute atomic E-state index is 0.144. The van der Waals surface area contributed by atoms with Gasteiger partial charge in [0.25, 0.3) is 0 Å². The lowest BCUT2D eigenvalue weighted by Gasteiger charge is -2.37. The lowest BCUT2D eigenvalue weighted by molar-refractivity contribution is -0.443. The number of halogens is 1. The van der Waals surface area contributed by atoms with Crippen LogP contribution in [0.4, 0.5) is 14.0 Å². The minimum atomic E-state index is -0.735. The smallest absolute Gasteiger partial charge is 0.411 e. The van der Waals surface area contributed by atoms with Crippen molar-refractivity contribution in [3.8, 4) is 39.5 Å². The monoisotopic (exact) mass is 926 g/mol. The molecule has 67 heavy (non-hydrogen) atoms. The van der Waals surface area contributed by atoms with Crippen LogP contribution < -0.4 is 10.1 Å². The summed E-state index contributed by atoms with van der Waals surface area (Å²) in [5, 5.41) is 3.21. The third-order valence-corrected chi connectivity index (χ3v) is 15.6. The SMILES string of the molecule is COC(=O)NC(C(=O)[N+]1=C(c2[nH]c(-c3ccc4c(c3)OC(c3ccc(C5CC5)s3)n3c-4c(F)c4cc(-c5cnc(C6CC7CCC7N6C(=O)OC(C)(C)C)[nH]5)ccc43)cc2C)CCC1)C(C)C. The average molecular weight is 927 g/mol. The average Bonchev–Trinajstić information content (AvgIpc) is 3.86. The molecule has 0 radical (unpaired) electrons. The zero-order valence-electron chi connectivity index (χ0n) is 39.0. The van der Waals surface area contributed by atoms with Gasteiger partial charge in [0.1, 0.15) is 22.9 Å². The van der Waals surface area contributed by atoms with E-state index in [1.165, 1.54) is 24.8 Å². The highest BCUT2D eigenvalue weighted by molar-refractivity contribution is 7.12. The number of hydrogen-bond acceptors (Lipinski definition) is 8. The first-order valence-electron chi connectivity index (χ1n) is 23.7. The molecule has 3 fully saturated rings. The standard InChI is InChI=1S/C52H56FN7O6S/c1-26(2)44(57-50(62)64-7)48(61)58-20-8-9-38(58)45-27(3)21-34(55-45)30-12-15-32-40(24-30)65-49(42-19-18-41(67-42)28-10-11-28)60-37-17-13-29(22-33(37)43(53)46(32)60)35-25-54-47(56-35)39-23-31-14-16-36(31)59(39)51(63)66-52(4,5)6/h12-13,15,17-19,21-22,24-26,28,31,36,39,44,49H,8-11,14,16,20,23H2,1-7H3,(H2,54,56,57,62)/p+1. The number of aryl methyl sites for hydroxylation is 1. The van der Waals surface area contributed by atoms with Gasteiger partial charge in [0.05, 0.1) is 41.1 Å². The van der Waals surface area contributed by atoms with Gasteiger partial charge in [-0.1, -0.05) is 26.0 Å². The second kappa shape index (κ2) is 16.2. The van der Waals surface area contributed by atoms with Crippen LogP contribution in [-0.2, 0) is 14.3 Å². The number of thiophene rings is 1. The molecule has 0 bridgehead atoms. The van der Waals surface area contributed by atoms with Crippen LogP contribution in [-0.4, -0.2) is 84.1 Å². The fourth-order valence-electron chi connectivity index (χ4n) is 10.7. The lowest BCUT2D eigenvalue weighted by Crippen LogP contribution is -2.49. The van der Waals surface area contributed by atoms with Gasteiger partial charge in [-0.05, 0) is 126 Å². The zero-order chi connectivity index (χ0) is 46.6. The predicted octanol–water partition coefficient (Wildman–Crippen LogP) is 11.0. The number of fused-ring (bicyclic) bond motifs is 6. The van der Waals surface area contributed by atoms with Crippen LogP contribution in [0.25, 0.3) is 44.7 Å². The third kappa shape index (κ3) is 7.53. The summed E-state index contributed by atoms with van der Waals surface area (Å²) in [6.45, 7) is 12.0. The molecule has 5 aliphatic rings. The van der Waals surface area contributed by atoms with E-state index in [1.807, 2.05) is 87.4 Å². The van der Waals surface area contributed by atoms with Crippen molar-refractivity contribution in [1.29, 1.82) is 0 Å². The largest absolute Gasteiger partial charge is 0.464 e. The number of carbonyl (C=O) groups is 3. The van der Waals surface area contributed by atoms with Crippen molar-refractivity contribution in [3.63, 3.8) is 0 Å². The number of imidazole rings is 1. The van der Waals surface area contributed by atoms with Crippen LogP contribution in [0.1, 0.15) is 125 Å².